The van der Waals surface area contributed by atoms with Crippen molar-refractivity contribution in [2.75, 3.05) is 5.32 Å². The van der Waals surface area contributed by atoms with Gasteiger partial charge in [0.25, 0.3) is 5.91 Å². The highest BCUT2D eigenvalue weighted by Crippen LogP contribution is 2.57. The number of nitrogens with one attached hydrogen (secondary N) is 1. The Morgan fingerprint density at radius 3 is 2.78 bits per heavy atom. The number of carbonyl (C=O) groups excluding carboxylic acids is 1. The largest absolute Gasteiger partial charge is 0.322 e. The van der Waals surface area contributed by atoms with Gasteiger partial charge in [-0.2, -0.15) is 5.10 Å². The predicted molar refractivity (Wildman–Crippen MR) is 109 cm³/mol. The van der Waals surface area contributed by atoms with E-state index in [2.05, 4.69) is 54.6 Å². The van der Waals surface area contributed by atoms with Gasteiger partial charge in [-0.15, -0.1) is 0 Å². The molecule has 1 fully saturated rings. The zero-order valence-electron chi connectivity index (χ0n) is 16.7. The summed E-state index contributed by atoms with van der Waals surface area (Å²) in [6.07, 6.45) is 10.3. The Labute approximate surface area is 161 Å². The van der Waals surface area contributed by atoms with Gasteiger partial charge in [0, 0.05) is 18.9 Å². The van der Waals surface area contributed by atoms with Crippen LogP contribution in [0.15, 0.2) is 36.5 Å². The summed E-state index contributed by atoms with van der Waals surface area (Å²) in [4.78, 5) is 12.9. The second-order valence-corrected chi connectivity index (χ2v) is 8.41. The number of rotatable bonds is 4. The van der Waals surface area contributed by atoms with Crippen LogP contribution in [0.4, 0.5) is 5.69 Å². The fraction of sp³-hybridized carbons (Fsp3) is 0.478. The van der Waals surface area contributed by atoms with E-state index in [1.807, 2.05) is 14.0 Å². The first-order valence-corrected chi connectivity index (χ1v) is 10.1. The summed E-state index contributed by atoms with van der Waals surface area (Å²) < 4.78 is 1.69. The van der Waals surface area contributed by atoms with Gasteiger partial charge in [0.15, 0.2) is 0 Å². The van der Waals surface area contributed by atoms with Crippen molar-refractivity contribution in [3.05, 3.63) is 58.9 Å². The fourth-order valence-corrected chi connectivity index (χ4v) is 4.98. The highest BCUT2D eigenvalue weighted by Gasteiger charge is 2.43. The molecule has 4 nitrogen and oxygen atoms in total. The molecule has 27 heavy (non-hydrogen) atoms. The van der Waals surface area contributed by atoms with E-state index in [1.54, 1.807) is 10.9 Å². The number of fused-ring (bicyclic) bond motifs is 5. The third-order valence-electron chi connectivity index (χ3n) is 6.09. The number of amides is 1. The second-order valence-electron chi connectivity index (χ2n) is 8.41. The van der Waals surface area contributed by atoms with Gasteiger partial charge in [0.1, 0.15) is 0 Å². The summed E-state index contributed by atoms with van der Waals surface area (Å²) in [6.45, 7) is 6.34. The molecule has 1 aromatic heterocycles. The third-order valence-corrected chi connectivity index (χ3v) is 6.09. The summed E-state index contributed by atoms with van der Waals surface area (Å²) in [5.41, 5.74) is 5.20. The molecule has 4 heteroatoms. The zero-order valence-corrected chi connectivity index (χ0v) is 16.7. The van der Waals surface area contributed by atoms with Crippen LogP contribution in [0.25, 0.3) is 0 Å². The lowest BCUT2D eigenvalue weighted by Crippen LogP contribution is -2.17. The lowest BCUT2D eigenvalue weighted by molar-refractivity contribution is 0.102. The van der Waals surface area contributed by atoms with E-state index in [0.717, 1.165) is 11.4 Å². The van der Waals surface area contributed by atoms with Crippen LogP contribution in [0.1, 0.15) is 72.1 Å². The predicted octanol–water partition coefficient (Wildman–Crippen LogP) is 5.17. The van der Waals surface area contributed by atoms with Crippen molar-refractivity contribution in [1.82, 2.24) is 9.78 Å². The number of benzene rings is 1. The molecule has 1 saturated carbocycles. The third kappa shape index (κ3) is 3.22. The highest BCUT2D eigenvalue weighted by molar-refractivity contribution is 6.05. The van der Waals surface area contributed by atoms with Crippen molar-refractivity contribution in [1.29, 1.82) is 0 Å². The summed E-state index contributed by atoms with van der Waals surface area (Å²) >= 11 is 0. The van der Waals surface area contributed by atoms with Crippen molar-refractivity contribution in [3.63, 3.8) is 0 Å². The highest BCUT2D eigenvalue weighted by atomic mass is 16.1. The summed E-state index contributed by atoms with van der Waals surface area (Å²) in [7, 11) is 1.85. The van der Waals surface area contributed by atoms with Gasteiger partial charge in [-0.25, -0.2) is 0 Å². The number of allylic oxidation sites excluding steroid dienone is 2. The molecule has 0 saturated heterocycles. The molecule has 2 unspecified atom stereocenters. The van der Waals surface area contributed by atoms with Crippen molar-refractivity contribution in [2.45, 2.75) is 51.9 Å². The Kier molecular flexibility index (Phi) is 4.67. The first kappa shape index (κ1) is 18.0. The summed E-state index contributed by atoms with van der Waals surface area (Å²) in [5.74, 6) is 2.17. The lowest BCUT2D eigenvalue weighted by atomic mass is 9.76. The zero-order chi connectivity index (χ0) is 19.1. The summed E-state index contributed by atoms with van der Waals surface area (Å²) in [5, 5.41) is 7.49. The number of carbonyl (C=O) groups is 1. The van der Waals surface area contributed by atoms with E-state index in [-0.39, 0.29) is 5.91 Å². The molecule has 0 aliphatic heterocycles. The van der Waals surface area contributed by atoms with E-state index in [4.69, 9.17) is 0 Å². The first-order chi connectivity index (χ1) is 13.0. The molecule has 2 aliphatic carbocycles. The smallest absolute Gasteiger partial charge is 0.259 e. The van der Waals surface area contributed by atoms with Crippen LogP contribution in [0.2, 0.25) is 0 Å². The lowest BCUT2D eigenvalue weighted by Gasteiger charge is -2.28. The average Bonchev–Trinajstić information content (AvgIpc) is 3.04. The molecule has 3 atom stereocenters. The van der Waals surface area contributed by atoms with E-state index < -0.39 is 0 Å². The van der Waals surface area contributed by atoms with Crippen LogP contribution in [-0.2, 0) is 7.05 Å². The molecule has 2 aromatic rings. The quantitative estimate of drug-likeness (QED) is 0.761. The van der Waals surface area contributed by atoms with E-state index in [1.165, 1.54) is 30.4 Å². The van der Waals surface area contributed by atoms with Crippen molar-refractivity contribution in [2.24, 2.45) is 18.9 Å². The Morgan fingerprint density at radius 2 is 2.07 bits per heavy atom. The summed E-state index contributed by atoms with van der Waals surface area (Å²) in [6, 6.07) is 6.42. The number of aromatic nitrogens is 2. The van der Waals surface area contributed by atoms with Gasteiger partial charge in [0.2, 0.25) is 0 Å². The molecule has 1 N–H and O–H groups in total. The maximum Gasteiger partial charge on any atom is 0.259 e. The molecule has 1 aromatic carbocycles. The molecular formula is C23H29N3O. The van der Waals surface area contributed by atoms with E-state index in [0.29, 0.717) is 29.2 Å². The van der Waals surface area contributed by atoms with E-state index in [9.17, 15) is 4.79 Å². The minimum atomic E-state index is -0.0651. The molecule has 1 amide bonds. The molecule has 0 spiro atoms. The Morgan fingerprint density at radius 1 is 1.30 bits per heavy atom. The van der Waals surface area contributed by atoms with Gasteiger partial charge < -0.3 is 5.32 Å². The molecular weight excluding hydrogens is 334 g/mol. The van der Waals surface area contributed by atoms with Crippen LogP contribution in [0.5, 0.6) is 0 Å². The number of hydrogen-bond donors (Lipinski definition) is 1. The molecule has 0 radical (unpaired) electrons. The topological polar surface area (TPSA) is 46.9 Å². The minimum absolute atomic E-state index is 0.0651. The number of nitrogens with zero attached hydrogens (tertiary/aromatic N) is 2. The van der Waals surface area contributed by atoms with E-state index >= 15 is 0 Å². The SMILES string of the molecule is Cc1nn(C)cc1C(=O)Nc1cccc2c1C1CCC[C@H]2C1/C=C/C(C)C. The normalized spacial score (nSPS) is 23.8. The first-order valence-electron chi connectivity index (χ1n) is 10.1. The van der Waals surface area contributed by atoms with Crippen LogP contribution >= 0.6 is 0 Å². The molecule has 2 aliphatic rings. The van der Waals surface area contributed by atoms with Gasteiger partial charge in [-0.1, -0.05) is 44.6 Å². The van der Waals surface area contributed by atoms with Gasteiger partial charge >= 0.3 is 0 Å². The Hall–Kier alpha value is -2.36. The Balaban J connectivity index is 1.67. The van der Waals surface area contributed by atoms with Gasteiger partial charge in [-0.3, -0.25) is 9.48 Å². The van der Waals surface area contributed by atoms with Crippen LogP contribution in [0, 0.1) is 18.8 Å². The molecule has 2 bridgehead atoms. The Bertz CT molecular complexity index is 893. The number of hydrogen-bond acceptors (Lipinski definition) is 2. The number of anilines is 1. The van der Waals surface area contributed by atoms with Gasteiger partial charge in [-0.05, 0) is 60.6 Å². The molecule has 4 rings (SSSR count). The fourth-order valence-electron chi connectivity index (χ4n) is 4.98. The maximum atomic E-state index is 12.9. The van der Waals surface area contributed by atoms with Gasteiger partial charge in [0.05, 0.1) is 11.3 Å². The molecule has 142 valence electrons. The van der Waals surface area contributed by atoms with Crippen LogP contribution in [0.3, 0.4) is 0 Å². The van der Waals surface area contributed by atoms with Crippen LogP contribution < -0.4 is 5.32 Å². The van der Waals surface area contributed by atoms with Crippen molar-refractivity contribution in [3.8, 4) is 0 Å². The monoisotopic (exact) mass is 363 g/mol. The van der Waals surface area contributed by atoms with Crippen LogP contribution in [-0.4, -0.2) is 15.7 Å². The second kappa shape index (κ2) is 6.99. The standard InChI is InChI=1S/C23H29N3O/c1-14(2)11-12-17-16-7-5-8-19(17)22-18(16)9-6-10-21(22)24-23(27)20-13-26(4)25-15(20)3/h6,9-14,16-17,19H,5,7-8H2,1-4H3,(H,24,27)/b12-11+/t16-,17?,19?/m0/s1. The average molecular weight is 364 g/mol. The van der Waals surface area contributed by atoms with Crippen molar-refractivity contribution < 1.29 is 4.79 Å². The number of aryl methyl sites for hydroxylation is 2. The minimum Gasteiger partial charge on any atom is -0.322 e. The maximum absolute atomic E-state index is 12.9. The molecule has 1 heterocycles. The van der Waals surface area contributed by atoms with Crippen molar-refractivity contribution >= 4 is 11.6 Å².